The molecular weight excluding hydrogens is 184 g/mol. The van der Waals surface area contributed by atoms with E-state index in [9.17, 15) is 0 Å². The first kappa shape index (κ1) is 8.25. The molecule has 2 heterocycles. The Morgan fingerprint density at radius 1 is 1.38 bits per heavy atom. The summed E-state index contributed by atoms with van der Waals surface area (Å²) in [5.74, 6) is 0. The highest BCUT2D eigenvalue weighted by molar-refractivity contribution is 7.12. The molecule has 0 amide bonds. The van der Waals surface area contributed by atoms with Gasteiger partial charge in [-0.05, 0) is 6.42 Å². The van der Waals surface area contributed by atoms with E-state index in [1.807, 2.05) is 6.92 Å². The maximum Gasteiger partial charge on any atom is 0.167 e. The summed E-state index contributed by atoms with van der Waals surface area (Å²) < 4.78 is 0. The lowest BCUT2D eigenvalue weighted by Crippen LogP contribution is -1.91. The molecule has 0 saturated carbocycles. The van der Waals surface area contributed by atoms with Crippen molar-refractivity contribution < 1.29 is 0 Å². The van der Waals surface area contributed by atoms with Crippen molar-refractivity contribution in [3.63, 3.8) is 0 Å². The van der Waals surface area contributed by atoms with Crippen LogP contribution in [0.2, 0.25) is 0 Å². The van der Waals surface area contributed by atoms with Crippen molar-refractivity contribution in [2.45, 2.75) is 13.3 Å². The largest absolute Gasteiger partial charge is 0.260 e. The van der Waals surface area contributed by atoms with Gasteiger partial charge in [-0.2, -0.15) is 0 Å². The Morgan fingerprint density at radius 2 is 2.31 bits per heavy atom. The number of hydrogen-bond acceptors (Lipinski definition) is 5. The van der Waals surface area contributed by atoms with Crippen molar-refractivity contribution in [2.24, 2.45) is 0 Å². The SMILES string of the molecule is CCc1cncc(-c2nncs2)n1. The predicted molar refractivity (Wildman–Crippen MR) is 50.3 cm³/mol. The molecule has 0 N–H and O–H groups in total. The van der Waals surface area contributed by atoms with Crippen molar-refractivity contribution in [2.75, 3.05) is 0 Å². The average Bonchev–Trinajstić information content (AvgIpc) is 2.71. The Hall–Kier alpha value is -1.36. The molecule has 0 aliphatic rings. The van der Waals surface area contributed by atoms with Gasteiger partial charge in [0.2, 0.25) is 0 Å². The van der Waals surface area contributed by atoms with Gasteiger partial charge in [0, 0.05) is 6.20 Å². The summed E-state index contributed by atoms with van der Waals surface area (Å²) >= 11 is 1.47. The van der Waals surface area contributed by atoms with Crippen LogP contribution in [-0.2, 0) is 6.42 Å². The number of nitrogens with zero attached hydrogens (tertiary/aromatic N) is 4. The molecule has 0 aliphatic carbocycles. The molecule has 4 nitrogen and oxygen atoms in total. The van der Waals surface area contributed by atoms with Crippen LogP contribution in [0.5, 0.6) is 0 Å². The smallest absolute Gasteiger partial charge is 0.167 e. The molecule has 0 aromatic carbocycles. The van der Waals surface area contributed by atoms with Crippen molar-refractivity contribution in [3.05, 3.63) is 23.6 Å². The lowest BCUT2D eigenvalue weighted by atomic mass is 10.3. The fraction of sp³-hybridized carbons (Fsp3) is 0.250. The third-order valence-electron chi connectivity index (χ3n) is 1.63. The molecule has 13 heavy (non-hydrogen) atoms. The zero-order chi connectivity index (χ0) is 9.10. The average molecular weight is 192 g/mol. The molecule has 0 saturated heterocycles. The number of aryl methyl sites for hydroxylation is 1. The third-order valence-corrected chi connectivity index (χ3v) is 2.34. The first-order chi connectivity index (χ1) is 6.40. The van der Waals surface area contributed by atoms with E-state index in [1.54, 1.807) is 17.9 Å². The molecule has 2 rings (SSSR count). The van der Waals surface area contributed by atoms with Crippen LogP contribution < -0.4 is 0 Å². The van der Waals surface area contributed by atoms with Gasteiger partial charge in [-0.15, -0.1) is 10.2 Å². The molecule has 0 atom stereocenters. The first-order valence-corrected chi connectivity index (χ1v) is 4.85. The molecule has 0 aliphatic heterocycles. The van der Waals surface area contributed by atoms with Crippen molar-refractivity contribution in [1.82, 2.24) is 20.2 Å². The summed E-state index contributed by atoms with van der Waals surface area (Å²) in [4.78, 5) is 8.47. The van der Waals surface area contributed by atoms with Gasteiger partial charge in [0.25, 0.3) is 0 Å². The van der Waals surface area contributed by atoms with Crippen LogP contribution in [0.3, 0.4) is 0 Å². The van der Waals surface area contributed by atoms with Crippen LogP contribution in [0.4, 0.5) is 0 Å². The van der Waals surface area contributed by atoms with Crippen LogP contribution in [0.25, 0.3) is 10.7 Å². The van der Waals surface area contributed by atoms with Gasteiger partial charge in [-0.25, -0.2) is 4.98 Å². The van der Waals surface area contributed by atoms with Crippen LogP contribution in [-0.4, -0.2) is 20.2 Å². The molecule has 0 spiro atoms. The van der Waals surface area contributed by atoms with E-state index in [4.69, 9.17) is 0 Å². The number of hydrogen-bond donors (Lipinski definition) is 0. The van der Waals surface area contributed by atoms with E-state index in [0.717, 1.165) is 22.8 Å². The van der Waals surface area contributed by atoms with Crippen LogP contribution in [0, 0.1) is 0 Å². The van der Waals surface area contributed by atoms with Crippen molar-refractivity contribution in [1.29, 1.82) is 0 Å². The van der Waals surface area contributed by atoms with Gasteiger partial charge in [0.1, 0.15) is 11.2 Å². The maximum absolute atomic E-state index is 4.38. The fourth-order valence-electron chi connectivity index (χ4n) is 0.964. The Morgan fingerprint density at radius 3 is 3.00 bits per heavy atom. The summed E-state index contributed by atoms with van der Waals surface area (Å²) in [5.41, 5.74) is 3.48. The quantitative estimate of drug-likeness (QED) is 0.724. The molecule has 2 aromatic heterocycles. The van der Waals surface area contributed by atoms with E-state index < -0.39 is 0 Å². The standard InChI is InChI=1S/C8H8N4S/c1-2-6-3-9-4-7(11-6)8-12-10-5-13-8/h3-5H,2H2,1H3. The second kappa shape index (κ2) is 3.57. The topological polar surface area (TPSA) is 51.6 Å². The van der Waals surface area contributed by atoms with E-state index in [-0.39, 0.29) is 0 Å². The monoisotopic (exact) mass is 192 g/mol. The minimum absolute atomic E-state index is 0.807. The summed E-state index contributed by atoms with van der Waals surface area (Å²) in [7, 11) is 0. The van der Waals surface area contributed by atoms with Gasteiger partial charge in [0.05, 0.1) is 11.9 Å². The van der Waals surface area contributed by atoms with Gasteiger partial charge >= 0.3 is 0 Å². The molecule has 5 heteroatoms. The predicted octanol–water partition coefficient (Wildman–Crippen LogP) is 1.56. The highest BCUT2D eigenvalue weighted by atomic mass is 32.1. The third kappa shape index (κ3) is 1.70. The molecule has 0 fully saturated rings. The Balaban J connectivity index is 2.41. The zero-order valence-corrected chi connectivity index (χ0v) is 7.95. The van der Waals surface area contributed by atoms with Crippen LogP contribution in [0.15, 0.2) is 17.9 Å². The van der Waals surface area contributed by atoms with E-state index in [2.05, 4.69) is 20.2 Å². The molecule has 0 bridgehead atoms. The minimum Gasteiger partial charge on any atom is -0.260 e. The van der Waals surface area contributed by atoms with Gasteiger partial charge in [0.15, 0.2) is 5.01 Å². The van der Waals surface area contributed by atoms with Gasteiger partial charge < -0.3 is 0 Å². The Labute approximate surface area is 79.7 Å². The zero-order valence-electron chi connectivity index (χ0n) is 7.14. The molecule has 66 valence electrons. The molecule has 0 radical (unpaired) electrons. The van der Waals surface area contributed by atoms with Crippen LogP contribution >= 0.6 is 11.3 Å². The highest BCUT2D eigenvalue weighted by Crippen LogP contribution is 2.16. The minimum atomic E-state index is 0.807. The molecule has 2 aromatic rings. The lowest BCUT2D eigenvalue weighted by Gasteiger charge is -1.96. The number of rotatable bonds is 2. The normalized spacial score (nSPS) is 10.2. The summed E-state index contributed by atoms with van der Waals surface area (Å²) in [6.45, 7) is 2.05. The highest BCUT2D eigenvalue weighted by Gasteiger charge is 2.03. The molecular formula is C8H8N4S. The second-order valence-corrected chi connectivity index (χ2v) is 3.33. The van der Waals surface area contributed by atoms with Crippen molar-refractivity contribution in [3.8, 4) is 10.7 Å². The maximum atomic E-state index is 4.38. The summed E-state index contributed by atoms with van der Waals surface area (Å²) in [6.07, 6.45) is 4.36. The van der Waals surface area contributed by atoms with Gasteiger partial charge in [-0.3, -0.25) is 4.98 Å². The summed E-state index contributed by atoms with van der Waals surface area (Å²) in [5, 5.41) is 8.50. The van der Waals surface area contributed by atoms with E-state index in [0.29, 0.717) is 0 Å². The number of aromatic nitrogens is 4. The Kier molecular flexibility index (Phi) is 2.27. The van der Waals surface area contributed by atoms with Gasteiger partial charge in [-0.1, -0.05) is 18.3 Å². The fourth-order valence-corrected chi connectivity index (χ4v) is 1.47. The van der Waals surface area contributed by atoms with E-state index in [1.165, 1.54) is 11.3 Å². The van der Waals surface area contributed by atoms with Crippen LogP contribution in [0.1, 0.15) is 12.6 Å². The van der Waals surface area contributed by atoms with Crippen molar-refractivity contribution >= 4 is 11.3 Å². The summed E-state index contributed by atoms with van der Waals surface area (Å²) in [6, 6.07) is 0. The second-order valence-electron chi connectivity index (χ2n) is 2.49. The Bertz CT molecular complexity index is 385. The molecule has 0 unspecified atom stereocenters. The lowest BCUT2D eigenvalue weighted by molar-refractivity contribution is 0.995. The van der Waals surface area contributed by atoms with E-state index >= 15 is 0 Å². The first-order valence-electron chi connectivity index (χ1n) is 3.97.